The van der Waals surface area contributed by atoms with E-state index in [0.717, 1.165) is 18.5 Å². The zero-order valence-corrected chi connectivity index (χ0v) is 18.0. The molecule has 1 aliphatic heterocycles. The molecule has 0 saturated heterocycles. The van der Waals surface area contributed by atoms with E-state index in [0.29, 0.717) is 16.4 Å². The molecule has 3 aromatic rings. The number of nitrogens with zero attached hydrogens (tertiary/aromatic N) is 4. The van der Waals surface area contributed by atoms with Gasteiger partial charge in [-0.2, -0.15) is 0 Å². The highest BCUT2D eigenvalue weighted by Crippen LogP contribution is 2.37. The van der Waals surface area contributed by atoms with Crippen LogP contribution in [0.2, 0.25) is 5.02 Å². The zero-order chi connectivity index (χ0) is 22.6. The van der Waals surface area contributed by atoms with Gasteiger partial charge in [0.25, 0.3) is 0 Å². The molecular formula is C19H18ClFN6O3S. The number of aliphatic hydroxyl groups is 1. The number of rotatable bonds is 3. The van der Waals surface area contributed by atoms with Gasteiger partial charge in [0.15, 0.2) is 15.7 Å². The minimum atomic E-state index is -4.13. The first kappa shape index (κ1) is 21.3. The van der Waals surface area contributed by atoms with Gasteiger partial charge in [-0.15, -0.1) is 0 Å². The van der Waals surface area contributed by atoms with Gasteiger partial charge in [0.1, 0.15) is 28.5 Å². The molecule has 12 heteroatoms. The highest BCUT2D eigenvalue weighted by molar-refractivity contribution is 7.93. The summed E-state index contributed by atoms with van der Waals surface area (Å²) in [5, 5.41) is 14.4. The van der Waals surface area contributed by atoms with Gasteiger partial charge in [0.05, 0.1) is 17.0 Å². The summed E-state index contributed by atoms with van der Waals surface area (Å²) in [7, 11) is -4.13. The smallest absolute Gasteiger partial charge is 0.220 e. The quantitative estimate of drug-likeness (QED) is 0.535. The Morgan fingerprint density at radius 3 is 2.68 bits per heavy atom. The molecule has 3 aromatic heterocycles. The second kappa shape index (κ2) is 7.08. The predicted octanol–water partition coefficient (Wildman–Crippen LogP) is 2.27. The first-order valence-corrected chi connectivity index (χ1v) is 11.1. The third kappa shape index (κ3) is 3.58. The lowest BCUT2D eigenvalue weighted by Gasteiger charge is -2.36. The van der Waals surface area contributed by atoms with Crippen molar-refractivity contribution >= 4 is 49.8 Å². The molecule has 2 atom stereocenters. The van der Waals surface area contributed by atoms with Crippen LogP contribution in [0.25, 0.3) is 10.9 Å². The Morgan fingerprint density at radius 2 is 1.97 bits per heavy atom. The van der Waals surface area contributed by atoms with Crippen LogP contribution in [0.1, 0.15) is 19.4 Å². The first-order chi connectivity index (χ1) is 14.4. The third-order valence-corrected chi connectivity index (χ3v) is 7.74. The average molecular weight is 465 g/mol. The van der Waals surface area contributed by atoms with Crippen molar-refractivity contribution in [1.82, 2.24) is 15.0 Å². The second-order valence-electron chi connectivity index (χ2n) is 7.57. The number of hydrogen-bond donors (Lipinski definition) is 3. The summed E-state index contributed by atoms with van der Waals surface area (Å²) in [4.78, 5) is 14.3. The van der Waals surface area contributed by atoms with Crippen LogP contribution in [-0.2, 0) is 15.4 Å². The van der Waals surface area contributed by atoms with Crippen LogP contribution in [0.4, 0.5) is 16.0 Å². The van der Waals surface area contributed by atoms with E-state index in [9.17, 15) is 17.9 Å². The number of anilines is 2. The number of aromatic nitrogens is 3. The molecule has 9 nitrogen and oxygen atoms in total. The van der Waals surface area contributed by atoms with Crippen LogP contribution in [0, 0.1) is 5.82 Å². The van der Waals surface area contributed by atoms with Gasteiger partial charge in [0.2, 0.25) is 4.93 Å². The van der Waals surface area contributed by atoms with Crippen LogP contribution in [0.15, 0.2) is 41.8 Å². The maximum absolute atomic E-state index is 14.7. The van der Waals surface area contributed by atoms with E-state index >= 15 is 0 Å². The summed E-state index contributed by atoms with van der Waals surface area (Å²) in [6, 6.07) is 4.79. The molecule has 0 spiro atoms. The summed E-state index contributed by atoms with van der Waals surface area (Å²) < 4.78 is 39.8. The Kier molecular flexibility index (Phi) is 4.87. The Labute approximate surface area is 182 Å². The van der Waals surface area contributed by atoms with Crippen LogP contribution in [-0.4, -0.2) is 45.0 Å². The van der Waals surface area contributed by atoms with Crippen molar-refractivity contribution in [2.24, 2.45) is 10.7 Å². The lowest BCUT2D eigenvalue weighted by Crippen LogP contribution is -2.56. The fourth-order valence-electron chi connectivity index (χ4n) is 3.38. The van der Waals surface area contributed by atoms with E-state index in [4.69, 9.17) is 17.3 Å². The molecule has 0 unspecified atom stereocenters. The maximum atomic E-state index is 14.7. The van der Waals surface area contributed by atoms with Crippen LogP contribution < -0.4 is 11.1 Å². The minimum Gasteiger partial charge on any atom is -0.384 e. The summed E-state index contributed by atoms with van der Waals surface area (Å²) in [6.45, 7) is 2.47. The van der Waals surface area contributed by atoms with Gasteiger partial charge >= 0.3 is 0 Å². The molecule has 162 valence electrons. The maximum Gasteiger partial charge on any atom is 0.220 e. The number of aliphatic imine (C=N–C) groups is 1. The Hall–Kier alpha value is -2.89. The highest BCUT2D eigenvalue weighted by Gasteiger charge is 2.51. The minimum absolute atomic E-state index is 0.0525. The number of halogens is 2. The van der Waals surface area contributed by atoms with Crippen LogP contribution >= 0.6 is 11.6 Å². The normalized spacial score (nSPS) is 25.3. The molecule has 0 fully saturated rings. The molecular weight excluding hydrogens is 447 g/mol. The van der Waals surface area contributed by atoms with E-state index in [-0.39, 0.29) is 11.4 Å². The molecule has 4 heterocycles. The van der Waals surface area contributed by atoms with Gasteiger partial charge in [0, 0.05) is 23.3 Å². The van der Waals surface area contributed by atoms with Gasteiger partial charge < -0.3 is 16.2 Å². The van der Waals surface area contributed by atoms with Crippen LogP contribution in [0.3, 0.4) is 0 Å². The Morgan fingerprint density at radius 1 is 1.23 bits per heavy atom. The molecule has 0 saturated carbocycles. The lowest BCUT2D eigenvalue weighted by molar-refractivity contribution is 0.204. The number of amidine groups is 1. The molecule has 0 aromatic carbocycles. The molecule has 0 amide bonds. The number of pyridine rings is 3. The van der Waals surface area contributed by atoms with Crippen molar-refractivity contribution in [1.29, 1.82) is 0 Å². The van der Waals surface area contributed by atoms with Crippen molar-refractivity contribution in [2.45, 2.75) is 24.3 Å². The SMILES string of the molecule is C[C@]1(O)C(N)=N[C@](C)(c2cc(Nc3nccc4cc(Cl)cnc34)ncc2F)CS1(=O)=O. The topological polar surface area (TPSA) is 143 Å². The molecule has 4 N–H and O–H groups in total. The molecule has 4 rings (SSSR count). The lowest BCUT2D eigenvalue weighted by atomic mass is 9.94. The molecule has 31 heavy (non-hydrogen) atoms. The van der Waals surface area contributed by atoms with E-state index in [2.05, 4.69) is 25.3 Å². The van der Waals surface area contributed by atoms with Crippen molar-refractivity contribution in [3.8, 4) is 0 Å². The van der Waals surface area contributed by atoms with Gasteiger partial charge in [-0.1, -0.05) is 11.6 Å². The summed E-state index contributed by atoms with van der Waals surface area (Å²) in [6.07, 6.45) is 3.97. The van der Waals surface area contributed by atoms with Gasteiger partial charge in [-0.05, 0) is 32.0 Å². The van der Waals surface area contributed by atoms with Crippen molar-refractivity contribution < 1.29 is 17.9 Å². The van der Waals surface area contributed by atoms with Crippen molar-refractivity contribution in [3.05, 3.63) is 53.2 Å². The van der Waals surface area contributed by atoms with Crippen LogP contribution in [0.5, 0.6) is 0 Å². The number of nitrogens with two attached hydrogens (primary N) is 1. The van der Waals surface area contributed by atoms with Crippen molar-refractivity contribution in [2.75, 3.05) is 11.1 Å². The monoisotopic (exact) mass is 464 g/mol. The number of fused-ring (bicyclic) bond motifs is 1. The summed E-state index contributed by atoms with van der Waals surface area (Å²) >= 11 is 5.98. The summed E-state index contributed by atoms with van der Waals surface area (Å²) in [5.74, 6) is -1.37. The number of hydrogen-bond acceptors (Lipinski definition) is 9. The molecule has 0 bridgehead atoms. The molecule has 1 aliphatic rings. The summed E-state index contributed by atoms with van der Waals surface area (Å²) in [5.41, 5.74) is 4.63. The predicted molar refractivity (Wildman–Crippen MR) is 115 cm³/mol. The van der Waals surface area contributed by atoms with E-state index in [1.54, 1.807) is 18.3 Å². The average Bonchev–Trinajstić information content (AvgIpc) is 2.67. The Bertz CT molecular complexity index is 1350. The number of nitrogens with one attached hydrogen (secondary N) is 1. The highest BCUT2D eigenvalue weighted by atomic mass is 35.5. The fraction of sp³-hybridized carbons (Fsp3) is 0.263. The largest absolute Gasteiger partial charge is 0.384 e. The fourth-order valence-corrected chi connectivity index (χ4v) is 5.15. The first-order valence-electron chi connectivity index (χ1n) is 9.07. The van der Waals surface area contributed by atoms with Gasteiger partial charge in [-0.25, -0.2) is 22.8 Å². The Balaban J connectivity index is 1.78. The van der Waals surface area contributed by atoms with E-state index < -0.39 is 37.7 Å². The standard InChI is InChI=1S/C19H18ClFN6O3S/c1-18(9-31(29,30)19(2,28)17(22)27-18)12-6-14(24-8-13(12)21)26-16-15-10(3-4-23-16)5-11(20)7-25-15/h3-8,28H,9H2,1-2H3,(H2,22,27)(H,23,24,26)/t18-,19+/m0/s1. The zero-order valence-electron chi connectivity index (χ0n) is 16.5. The van der Waals surface area contributed by atoms with Crippen molar-refractivity contribution in [3.63, 3.8) is 0 Å². The van der Waals surface area contributed by atoms with E-state index in [1.165, 1.54) is 19.2 Å². The van der Waals surface area contributed by atoms with E-state index in [1.807, 2.05) is 0 Å². The van der Waals surface area contributed by atoms with Gasteiger partial charge in [-0.3, -0.25) is 9.98 Å². The molecule has 0 radical (unpaired) electrons. The molecule has 0 aliphatic carbocycles. The third-order valence-electron chi connectivity index (χ3n) is 5.17. The number of sulfone groups is 1. The second-order valence-corrected chi connectivity index (χ2v) is 10.3.